The standard InChI is InChI=1S/C17H15NO3S3/c1-20-15-7-13(22-2)3-4-14(15)17(19)21-8-12-10-24-16(18-12)11-5-6-23-9-11/h3-7,9-10H,8H2,1-2H3. The molecule has 3 aromatic rings. The molecule has 2 aromatic heterocycles. The second-order valence-electron chi connectivity index (χ2n) is 4.80. The molecule has 0 N–H and O–H groups in total. The number of hydrogen-bond donors (Lipinski definition) is 0. The fraction of sp³-hybridized carbons (Fsp3) is 0.176. The van der Waals surface area contributed by atoms with E-state index in [1.807, 2.05) is 40.6 Å². The topological polar surface area (TPSA) is 48.4 Å². The number of hydrogen-bond acceptors (Lipinski definition) is 7. The molecule has 0 unspecified atom stereocenters. The molecule has 3 rings (SSSR count). The third-order valence-electron chi connectivity index (χ3n) is 3.30. The van der Waals surface area contributed by atoms with E-state index in [4.69, 9.17) is 9.47 Å². The number of ether oxygens (including phenoxy) is 2. The fourth-order valence-electron chi connectivity index (χ4n) is 2.08. The molecule has 0 aliphatic carbocycles. The molecule has 124 valence electrons. The van der Waals surface area contributed by atoms with E-state index in [-0.39, 0.29) is 6.61 Å². The van der Waals surface area contributed by atoms with Crippen LogP contribution in [0.2, 0.25) is 0 Å². The molecule has 24 heavy (non-hydrogen) atoms. The highest BCUT2D eigenvalue weighted by atomic mass is 32.2. The van der Waals surface area contributed by atoms with Crippen LogP contribution >= 0.6 is 34.4 Å². The predicted octanol–water partition coefficient (Wildman–Crippen LogP) is 4.96. The van der Waals surface area contributed by atoms with Crippen molar-refractivity contribution < 1.29 is 14.3 Å². The Hall–Kier alpha value is -1.83. The van der Waals surface area contributed by atoms with Crippen LogP contribution in [0.1, 0.15) is 16.1 Å². The Kier molecular flexibility index (Phi) is 5.55. The normalized spacial score (nSPS) is 10.6. The number of aromatic nitrogens is 1. The van der Waals surface area contributed by atoms with Crippen LogP contribution in [0.4, 0.5) is 0 Å². The zero-order valence-electron chi connectivity index (χ0n) is 13.1. The summed E-state index contributed by atoms with van der Waals surface area (Å²) in [5.74, 6) is 0.105. The van der Waals surface area contributed by atoms with Crippen LogP contribution < -0.4 is 4.74 Å². The van der Waals surface area contributed by atoms with Gasteiger partial charge in [0.15, 0.2) is 0 Å². The first-order valence-electron chi connectivity index (χ1n) is 7.07. The first-order chi connectivity index (χ1) is 11.7. The third-order valence-corrected chi connectivity index (χ3v) is 5.65. The van der Waals surface area contributed by atoms with Crippen molar-refractivity contribution in [2.45, 2.75) is 11.5 Å². The maximum absolute atomic E-state index is 12.3. The van der Waals surface area contributed by atoms with E-state index in [0.29, 0.717) is 11.3 Å². The third kappa shape index (κ3) is 3.80. The van der Waals surface area contributed by atoms with Crippen molar-refractivity contribution in [3.8, 4) is 16.3 Å². The second kappa shape index (κ2) is 7.83. The molecule has 0 amide bonds. The van der Waals surface area contributed by atoms with Gasteiger partial charge in [0.2, 0.25) is 0 Å². The number of carbonyl (C=O) groups excluding carboxylic acids is 1. The second-order valence-corrected chi connectivity index (χ2v) is 7.32. The number of rotatable bonds is 6. The molecule has 4 nitrogen and oxygen atoms in total. The lowest BCUT2D eigenvalue weighted by atomic mass is 10.2. The van der Waals surface area contributed by atoms with Gasteiger partial charge in [-0.1, -0.05) is 0 Å². The molecule has 0 fully saturated rings. The summed E-state index contributed by atoms with van der Waals surface area (Å²) >= 11 is 4.77. The molecular weight excluding hydrogens is 362 g/mol. The number of nitrogens with zero attached hydrogens (tertiary/aromatic N) is 1. The molecule has 0 radical (unpaired) electrons. The monoisotopic (exact) mass is 377 g/mol. The number of thiophene rings is 1. The summed E-state index contributed by atoms with van der Waals surface area (Å²) < 4.78 is 10.7. The van der Waals surface area contributed by atoms with Crippen molar-refractivity contribution in [1.82, 2.24) is 4.98 Å². The van der Waals surface area contributed by atoms with Gasteiger partial charge in [-0.15, -0.1) is 23.1 Å². The Labute approximate surface area is 152 Å². The largest absolute Gasteiger partial charge is 0.496 e. The SMILES string of the molecule is COc1cc(SC)ccc1C(=O)OCc1csc(-c2ccsc2)n1. The number of thioether (sulfide) groups is 1. The average molecular weight is 378 g/mol. The van der Waals surface area contributed by atoms with Crippen molar-refractivity contribution in [1.29, 1.82) is 0 Å². The van der Waals surface area contributed by atoms with Crippen LogP contribution in [0.15, 0.2) is 45.3 Å². The number of thiazole rings is 1. The Balaban J connectivity index is 1.67. The number of benzene rings is 1. The molecule has 0 aliphatic rings. The number of methoxy groups -OCH3 is 1. The van der Waals surface area contributed by atoms with E-state index < -0.39 is 5.97 Å². The lowest BCUT2D eigenvalue weighted by Crippen LogP contribution is -2.07. The molecule has 0 spiro atoms. The van der Waals surface area contributed by atoms with Gasteiger partial charge in [0.25, 0.3) is 0 Å². The highest BCUT2D eigenvalue weighted by Gasteiger charge is 2.15. The maximum atomic E-state index is 12.3. The smallest absolute Gasteiger partial charge is 0.342 e. The van der Waals surface area contributed by atoms with Gasteiger partial charge < -0.3 is 9.47 Å². The van der Waals surface area contributed by atoms with Crippen LogP contribution in [0.25, 0.3) is 10.6 Å². The van der Waals surface area contributed by atoms with Crippen LogP contribution in [0, 0.1) is 0 Å². The van der Waals surface area contributed by atoms with E-state index in [0.717, 1.165) is 21.2 Å². The van der Waals surface area contributed by atoms with Gasteiger partial charge in [0.1, 0.15) is 22.9 Å². The minimum Gasteiger partial charge on any atom is -0.496 e. The molecule has 1 aromatic carbocycles. The molecule has 7 heteroatoms. The quantitative estimate of drug-likeness (QED) is 0.449. The molecular formula is C17H15NO3S3. The Bertz CT molecular complexity index is 827. The molecule has 0 aliphatic heterocycles. The Morgan fingerprint density at radius 3 is 2.88 bits per heavy atom. The van der Waals surface area contributed by atoms with Gasteiger partial charge in [-0.25, -0.2) is 9.78 Å². The van der Waals surface area contributed by atoms with Crippen LogP contribution in [-0.4, -0.2) is 24.3 Å². The predicted molar refractivity (Wildman–Crippen MR) is 99.3 cm³/mol. The minimum atomic E-state index is -0.412. The van der Waals surface area contributed by atoms with Crippen molar-refractivity contribution in [3.05, 3.63) is 51.7 Å². The van der Waals surface area contributed by atoms with Crippen LogP contribution in [-0.2, 0) is 11.3 Å². The molecule has 0 bridgehead atoms. The zero-order chi connectivity index (χ0) is 16.9. The Morgan fingerprint density at radius 1 is 1.29 bits per heavy atom. The summed E-state index contributed by atoms with van der Waals surface area (Å²) in [5.41, 5.74) is 2.26. The van der Waals surface area contributed by atoms with Crippen LogP contribution in [0.3, 0.4) is 0 Å². The summed E-state index contributed by atoms with van der Waals surface area (Å²) in [5, 5.41) is 6.91. The van der Waals surface area contributed by atoms with Crippen molar-refractivity contribution in [2.24, 2.45) is 0 Å². The lowest BCUT2D eigenvalue weighted by molar-refractivity contribution is 0.0464. The van der Waals surface area contributed by atoms with Crippen molar-refractivity contribution in [2.75, 3.05) is 13.4 Å². The fourth-order valence-corrected chi connectivity index (χ4v) is 4.02. The first-order valence-corrected chi connectivity index (χ1v) is 10.1. The van der Waals surface area contributed by atoms with Gasteiger partial charge in [-0.05, 0) is 35.9 Å². The van der Waals surface area contributed by atoms with E-state index in [1.54, 1.807) is 47.6 Å². The van der Waals surface area contributed by atoms with Gasteiger partial charge in [0.05, 0.1) is 12.8 Å². The summed E-state index contributed by atoms with van der Waals surface area (Å²) in [6, 6.07) is 7.46. The van der Waals surface area contributed by atoms with E-state index in [2.05, 4.69) is 4.98 Å². The van der Waals surface area contributed by atoms with E-state index in [1.165, 1.54) is 0 Å². The summed E-state index contributed by atoms with van der Waals surface area (Å²) in [6.45, 7) is 0.146. The van der Waals surface area contributed by atoms with E-state index >= 15 is 0 Å². The number of carbonyl (C=O) groups is 1. The van der Waals surface area contributed by atoms with Crippen LogP contribution in [0.5, 0.6) is 5.75 Å². The molecule has 0 saturated heterocycles. The van der Waals surface area contributed by atoms with Gasteiger partial charge in [0, 0.05) is 21.2 Å². The maximum Gasteiger partial charge on any atom is 0.342 e. The molecule has 0 atom stereocenters. The molecule has 0 saturated carbocycles. The van der Waals surface area contributed by atoms with Gasteiger partial charge >= 0.3 is 5.97 Å². The minimum absolute atomic E-state index is 0.146. The summed E-state index contributed by atoms with van der Waals surface area (Å²) in [4.78, 5) is 17.8. The number of esters is 1. The first kappa shape index (κ1) is 17.0. The average Bonchev–Trinajstić information content (AvgIpc) is 3.30. The summed E-state index contributed by atoms with van der Waals surface area (Å²) in [7, 11) is 1.55. The van der Waals surface area contributed by atoms with E-state index in [9.17, 15) is 4.79 Å². The highest BCUT2D eigenvalue weighted by Crippen LogP contribution is 2.28. The highest BCUT2D eigenvalue weighted by molar-refractivity contribution is 7.98. The van der Waals surface area contributed by atoms with Gasteiger partial charge in [-0.2, -0.15) is 11.3 Å². The Morgan fingerprint density at radius 2 is 2.17 bits per heavy atom. The van der Waals surface area contributed by atoms with Crippen molar-refractivity contribution in [3.63, 3.8) is 0 Å². The molecule has 2 heterocycles. The van der Waals surface area contributed by atoms with Crippen molar-refractivity contribution >= 4 is 40.4 Å². The summed E-state index contributed by atoms with van der Waals surface area (Å²) in [6.07, 6.45) is 1.97. The zero-order valence-corrected chi connectivity index (χ0v) is 15.6. The lowest BCUT2D eigenvalue weighted by Gasteiger charge is -2.09. The van der Waals surface area contributed by atoms with Gasteiger partial charge in [-0.3, -0.25) is 0 Å².